The van der Waals surface area contributed by atoms with E-state index < -0.39 is 0 Å². The van der Waals surface area contributed by atoms with E-state index in [1.165, 1.54) is 22.0 Å². The van der Waals surface area contributed by atoms with Gasteiger partial charge in [0.05, 0.1) is 16.6 Å². The zero-order valence-electron chi connectivity index (χ0n) is 24.0. The quantitative estimate of drug-likeness (QED) is 0.260. The number of likely N-dealkylation sites (N-methyl/N-ethyl adjacent to an activating group) is 1. The van der Waals surface area contributed by atoms with Crippen LogP contribution in [0.4, 0.5) is 11.4 Å². The van der Waals surface area contributed by atoms with E-state index in [0.717, 1.165) is 42.2 Å². The Kier molecular flexibility index (Phi) is 6.37. The van der Waals surface area contributed by atoms with Gasteiger partial charge in [0.25, 0.3) is 0 Å². The van der Waals surface area contributed by atoms with Crippen LogP contribution in [-0.2, 0) is 10.2 Å². The molecule has 1 N–H and O–H groups in total. The number of benzene rings is 3. The number of fused-ring (bicyclic) bond motifs is 4. The number of hydrogen-bond donors (Lipinski definition) is 1. The second kappa shape index (κ2) is 9.78. The van der Waals surface area contributed by atoms with Crippen molar-refractivity contribution in [2.24, 2.45) is 5.92 Å². The van der Waals surface area contributed by atoms with Crippen molar-refractivity contribution < 1.29 is 14.5 Å². The van der Waals surface area contributed by atoms with Crippen LogP contribution in [0.3, 0.4) is 0 Å². The van der Waals surface area contributed by atoms with Crippen molar-refractivity contribution in [2.45, 2.75) is 46.5 Å². The van der Waals surface area contributed by atoms with E-state index in [9.17, 15) is 9.90 Å². The molecule has 0 spiro atoms. The molecule has 0 bridgehead atoms. The summed E-state index contributed by atoms with van der Waals surface area (Å²) in [7, 11) is 0. The lowest BCUT2D eigenvalue weighted by molar-refractivity contribution is -0.439. The summed E-state index contributed by atoms with van der Waals surface area (Å²) in [4.78, 5) is 15.7. The van der Waals surface area contributed by atoms with Gasteiger partial charge in [0.2, 0.25) is 11.5 Å². The summed E-state index contributed by atoms with van der Waals surface area (Å²) in [6.07, 6.45) is 8.89. The number of anilines is 1. The molecule has 0 aromatic heterocycles. The van der Waals surface area contributed by atoms with Gasteiger partial charge < -0.3 is 10.0 Å². The van der Waals surface area contributed by atoms with Crippen molar-refractivity contribution in [3.05, 3.63) is 113 Å². The average Bonchev–Trinajstić information content (AvgIpc) is 3.18. The Morgan fingerprint density at radius 1 is 0.975 bits per heavy atom. The van der Waals surface area contributed by atoms with Crippen LogP contribution in [0.15, 0.2) is 101 Å². The topological polar surface area (TPSA) is 43.5 Å². The number of ketones is 1. The molecule has 0 radical (unpaired) electrons. The number of para-hydroxylation sites is 1. The van der Waals surface area contributed by atoms with Gasteiger partial charge in [0.1, 0.15) is 12.3 Å². The SMILES string of the molecule is CCN1/C(=C/C2=C(O)C(=C\C3=[N+](CCC(C)C)c4ccc5ccccc5c4C3(C)C)/C2=O)C=Cc2ccccc21. The highest BCUT2D eigenvalue weighted by Gasteiger charge is 2.47. The minimum Gasteiger partial charge on any atom is -0.506 e. The molecule has 2 aliphatic heterocycles. The van der Waals surface area contributed by atoms with Gasteiger partial charge in [-0.1, -0.05) is 62.4 Å². The summed E-state index contributed by atoms with van der Waals surface area (Å²) < 4.78 is 2.37. The molecule has 1 aliphatic carbocycles. The predicted octanol–water partition coefficient (Wildman–Crippen LogP) is 8.02. The van der Waals surface area contributed by atoms with E-state index in [1.54, 1.807) is 0 Å². The van der Waals surface area contributed by atoms with Crippen LogP contribution in [0.25, 0.3) is 16.8 Å². The highest BCUT2D eigenvalue weighted by molar-refractivity contribution is 6.24. The van der Waals surface area contributed by atoms with Gasteiger partial charge in [-0.25, -0.2) is 0 Å². The average molecular weight is 530 g/mol. The molecule has 0 unspecified atom stereocenters. The van der Waals surface area contributed by atoms with Crippen LogP contribution in [-0.4, -0.2) is 34.3 Å². The van der Waals surface area contributed by atoms with E-state index in [1.807, 2.05) is 30.4 Å². The third-order valence-corrected chi connectivity index (χ3v) is 8.55. The number of carbonyl (C=O) groups excluding carboxylic acids is 1. The molecule has 4 heteroatoms. The molecule has 0 saturated carbocycles. The Bertz CT molecular complexity index is 1710. The van der Waals surface area contributed by atoms with Crippen LogP contribution in [0.1, 0.15) is 52.2 Å². The van der Waals surface area contributed by atoms with E-state index in [4.69, 9.17) is 0 Å². The molecule has 0 saturated heterocycles. The van der Waals surface area contributed by atoms with Crippen molar-refractivity contribution in [3.63, 3.8) is 0 Å². The zero-order chi connectivity index (χ0) is 28.2. The normalized spacial score (nSPS) is 19.8. The van der Waals surface area contributed by atoms with E-state index in [2.05, 4.69) is 98.7 Å². The molecule has 40 heavy (non-hydrogen) atoms. The molecule has 6 rings (SSSR count). The Labute approximate surface area is 237 Å². The lowest BCUT2D eigenvalue weighted by Gasteiger charge is -2.30. The largest absolute Gasteiger partial charge is 0.506 e. The van der Waals surface area contributed by atoms with Crippen LogP contribution >= 0.6 is 0 Å². The molecule has 202 valence electrons. The van der Waals surface area contributed by atoms with Gasteiger partial charge in [-0.2, -0.15) is 4.58 Å². The van der Waals surface area contributed by atoms with Crippen molar-refractivity contribution >= 4 is 39.7 Å². The smallest absolute Gasteiger partial charge is 0.210 e. The molecule has 4 nitrogen and oxygen atoms in total. The van der Waals surface area contributed by atoms with Crippen molar-refractivity contribution in [3.8, 4) is 0 Å². The zero-order valence-corrected chi connectivity index (χ0v) is 24.0. The first-order valence-electron chi connectivity index (χ1n) is 14.4. The summed E-state index contributed by atoms with van der Waals surface area (Å²) in [5.74, 6) is 0.517. The maximum absolute atomic E-state index is 13.5. The van der Waals surface area contributed by atoms with Crippen LogP contribution in [0.5, 0.6) is 0 Å². The number of aliphatic hydroxyl groups excluding tert-OH is 1. The van der Waals surface area contributed by atoms with Crippen LogP contribution in [0.2, 0.25) is 0 Å². The summed E-state index contributed by atoms with van der Waals surface area (Å²) >= 11 is 0. The van der Waals surface area contributed by atoms with Gasteiger partial charge in [-0.05, 0) is 67.3 Å². The first-order valence-corrected chi connectivity index (χ1v) is 14.4. The Morgan fingerprint density at radius 2 is 1.73 bits per heavy atom. The summed E-state index contributed by atoms with van der Waals surface area (Å²) in [5.41, 5.74) is 7.13. The van der Waals surface area contributed by atoms with Crippen molar-refractivity contribution in [1.29, 1.82) is 0 Å². The maximum Gasteiger partial charge on any atom is 0.210 e. The summed E-state index contributed by atoms with van der Waals surface area (Å²) in [6.45, 7) is 12.7. The van der Waals surface area contributed by atoms with Gasteiger partial charge in [0, 0.05) is 42.1 Å². The Morgan fingerprint density at radius 3 is 2.48 bits per heavy atom. The number of Topliss-reactive ketones (excluding diaryl/α,β-unsaturated/α-hetero) is 1. The minimum atomic E-state index is -0.330. The molecule has 3 aliphatic rings. The molecular weight excluding hydrogens is 492 g/mol. The number of rotatable bonds is 6. The van der Waals surface area contributed by atoms with Crippen LogP contribution in [0, 0.1) is 5.92 Å². The molecule has 3 aromatic rings. The highest BCUT2D eigenvalue weighted by atomic mass is 16.3. The maximum atomic E-state index is 13.5. The van der Waals surface area contributed by atoms with E-state index in [0.29, 0.717) is 17.1 Å². The van der Waals surface area contributed by atoms with E-state index >= 15 is 0 Å². The highest BCUT2D eigenvalue weighted by Crippen LogP contribution is 2.45. The number of aliphatic hydroxyl groups is 1. The molecular formula is C36H37N2O2+. The number of allylic oxidation sites excluding steroid dienone is 5. The predicted molar refractivity (Wildman–Crippen MR) is 166 cm³/mol. The fourth-order valence-corrected chi connectivity index (χ4v) is 6.38. The molecule has 0 atom stereocenters. The first kappa shape index (κ1) is 26.1. The third kappa shape index (κ3) is 4.05. The van der Waals surface area contributed by atoms with Gasteiger partial charge in [0.15, 0.2) is 5.71 Å². The molecule has 2 heterocycles. The molecule has 0 fully saturated rings. The molecule has 0 amide bonds. The van der Waals surface area contributed by atoms with E-state index in [-0.39, 0.29) is 17.0 Å². The number of nitrogens with zero attached hydrogens (tertiary/aromatic N) is 2. The monoisotopic (exact) mass is 529 g/mol. The number of hydrogen-bond acceptors (Lipinski definition) is 3. The van der Waals surface area contributed by atoms with Gasteiger partial charge in [-0.15, -0.1) is 0 Å². The second-order valence-electron chi connectivity index (χ2n) is 11.9. The minimum absolute atomic E-state index is 0.0775. The molecule has 3 aromatic carbocycles. The first-order chi connectivity index (χ1) is 19.2. The van der Waals surface area contributed by atoms with Gasteiger partial charge >= 0.3 is 0 Å². The Balaban J connectivity index is 1.43. The van der Waals surface area contributed by atoms with Crippen molar-refractivity contribution in [1.82, 2.24) is 0 Å². The Hall–Kier alpha value is -4.18. The van der Waals surface area contributed by atoms with Gasteiger partial charge in [-0.3, -0.25) is 4.79 Å². The van der Waals surface area contributed by atoms with Crippen molar-refractivity contribution in [2.75, 3.05) is 18.0 Å². The fourth-order valence-electron chi connectivity index (χ4n) is 6.38. The third-order valence-electron chi connectivity index (χ3n) is 8.55. The standard InChI is InChI=1S/C36H36N2O2/c1-6-37-26(17-15-25-12-8-10-14-30(25)37)21-28-34(39)29(35(28)40)22-32-36(4,5)33-27-13-9-7-11-24(27)16-18-31(33)38(32)20-19-23(2)3/h7-18,21-23H,6,19-20H2,1-5H3/p+1. The summed E-state index contributed by atoms with van der Waals surface area (Å²) in [6, 6.07) is 21.1. The van der Waals surface area contributed by atoms with Crippen LogP contribution < -0.4 is 4.90 Å². The second-order valence-corrected chi connectivity index (χ2v) is 11.9. The lowest BCUT2D eigenvalue weighted by Crippen LogP contribution is -2.32. The fraction of sp³-hybridized carbons (Fsp3) is 0.278. The number of carbonyl (C=O) groups is 1. The lowest BCUT2D eigenvalue weighted by atomic mass is 9.77. The summed E-state index contributed by atoms with van der Waals surface area (Å²) in [5, 5.41) is 13.7.